The number of thioether (sulfide) groups is 1. The van der Waals surface area contributed by atoms with Gasteiger partial charge in [-0.3, -0.25) is 4.79 Å². The first-order valence-corrected chi connectivity index (χ1v) is 8.41. The molecule has 5 heteroatoms. The highest BCUT2D eigenvalue weighted by molar-refractivity contribution is 8.00. The van der Waals surface area contributed by atoms with Crippen LogP contribution < -0.4 is 10.1 Å². The summed E-state index contributed by atoms with van der Waals surface area (Å²) >= 11 is 1.51. The lowest BCUT2D eigenvalue weighted by molar-refractivity contribution is -0.118. The standard InChI is InChI=1S/C16H25NO3S/c1-3-13(9-10-18)11-17-16(19)12-21-15-7-5-14(6-8-15)20-4-2/h5-8,13,18H,3-4,9-12H2,1-2H3,(H,17,19). The number of carbonyl (C=O) groups is 1. The molecule has 1 aromatic rings. The Hall–Kier alpha value is -1.20. The van der Waals surface area contributed by atoms with Crippen molar-refractivity contribution in [2.75, 3.05) is 25.5 Å². The molecule has 1 aromatic carbocycles. The number of ether oxygens (including phenoxy) is 1. The fraction of sp³-hybridized carbons (Fsp3) is 0.562. The summed E-state index contributed by atoms with van der Waals surface area (Å²) < 4.78 is 5.38. The second-order valence-corrected chi connectivity index (χ2v) is 5.83. The van der Waals surface area contributed by atoms with E-state index in [1.807, 2.05) is 31.2 Å². The van der Waals surface area contributed by atoms with Crippen molar-refractivity contribution in [2.24, 2.45) is 5.92 Å². The Balaban J connectivity index is 2.28. The maximum atomic E-state index is 11.8. The summed E-state index contributed by atoms with van der Waals surface area (Å²) in [6.45, 7) is 5.49. The highest BCUT2D eigenvalue weighted by Crippen LogP contribution is 2.21. The fourth-order valence-corrected chi connectivity index (χ4v) is 2.62. The van der Waals surface area contributed by atoms with Crippen LogP contribution in [-0.2, 0) is 4.79 Å². The molecule has 0 bridgehead atoms. The maximum Gasteiger partial charge on any atom is 0.230 e. The Morgan fingerprint density at radius 2 is 2.05 bits per heavy atom. The number of amides is 1. The average molecular weight is 311 g/mol. The minimum Gasteiger partial charge on any atom is -0.494 e. The summed E-state index contributed by atoms with van der Waals surface area (Å²) in [7, 11) is 0. The lowest BCUT2D eigenvalue weighted by atomic mass is 10.0. The van der Waals surface area contributed by atoms with Crippen LogP contribution in [0.4, 0.5) is 0 Å². The third-order valence-electron chi connectivity index (χ3n) is 3.21. The predicted molar refractivity (Wildman–Crippen MR) is 86.8 cm³/mol. The number of benzene rings is 1. The predicted octanol–water partition coefficient (Wildman–Crippen LogP) is 2.70. The molecule has 0 saturated carbocycles. The van der Waals surface area contributed by atoms with E-state index >= 15 is 0 Å². The fourth-order valence-electron chi connectivity index (χ4n) is 1.89. The highest BCUT2D eigenvalue weighted by atomic mass is 32.2. The molecule has 2 N–H and O–H groups in total. The van der Waals surface area contributed by atoms with Crippen LogP contribution in [0.25, 0.3) is 0 Å². The molecule has 0 heterocycles. The smallest absolute Gasteiger partial charge is 0.230 e. The summed E-state index contributed by atoms with van der Waals surface area (Å²) in [4.78, 5) is 12.8. The molecule has 0 spiro atoms. The van der Waals surface area contributed by atoms with Gasteiger partial charge in [-0.15, -0.1) is 11.8 Å². The number of rotatable bonds is 10. The second kappa shape index (κ2) is 10.5. The SMILES string of the molecule is CCOc1ccc(SCC(=O)NCC(CC)CCO)cc1. The van der Waals surface area contributed by atoms with Crippen molar-refractivity contribution in [1.29, 1.82) is 0 Å². The van der Waals surface area contributed by atoms with Gasteiger partial charge in [-0.1, -0.05) is 13.3 Å². The summed E-state index contributed by atoms with van der Waals surface area (Å²) in [5.41, 5.74) is 0. The molecule has 0 aliphatic rings. The van der Waals surface area contributed by atoms with Crippen LogP contribution in [0.15, 0.2) is 29.2 Å². The van der Waals surface area contributed by atoms with E-state index in [9.17, 15) is 4.79 Å². The van der Waals surface area contributed by atoms with Crippen molar-refractivity contribution in [3.8, 4) is 5.75 Å². The summed E-state index contributed by atoms with van der Waals surface area (Å²) in [6, 6.07) is 7.75. The van der Waals surface area contributed by atoms with Crippen molar-refractivity contribution in [2.45, 2.75) is 31.6 Å². The largest absolute Gasteiger partial charge is 0.494 e. The minimum atomic E-state index is 0.0327. The zero-order chi connectivity index (χ0) is 15.5. The van der Waals surface area contributed by atoms with Crippen molar-refractivity contribution >= 4 is 17.7 Å². The van der Waals surface area contributed by atoms with Gasteiger partial charge < -0.3 is 15.2 Å². The van der Waals surface area contributed by atoms with E-state index in [0.717, 1.165) is 23.5 Å². The lowest BCUT2D eigenvalue weighted by Crippen LogP contribution is -2.30. The number of nitrogens with one attached hydrogen (secondary N) is 1. The molecule has 1 unspecified atom stereocenters. The zero-order valence-electron chi connectivity index (χ0n) is 12.8. The van der Waals surface area contributed by atoms with Gasteiger partial charge in [0.05, 0.1) is 12.4 Å². The Kier molecular flexibility index (Phi) is 8.94. The van der Waals surface area contributed by atoms with E-state index in [4.69, 9.17) is 9.84 Å². The molecule has 1 amide bonds. The lowest BCUT2D eigenvalue weighted by Gasteiger charge is -2.14. The topological polar surface area (TPSA) is 58.6 Å². The second-order valence-electron chi connectivity index (χ2n) is 4.78. The molecule has 1 rings (SSSR count). The van der Waals surface area contributed by atoms with Gasteiger partial charge >= 0.3 is 0 Å². The summed E-state index contributed by atoms with van der Waals surface area (Å²) in [5.74, 6) is 1.64. The zero-order valence-corrected chi connectivity index (χ0v) is 13.6. The van der Waals surface area contributed by atoms with Crippen molar-refractivity contribution in [3.63, 3.8) is 0 Å². The molecule has 0 aliphatic carbocycles. The molecule has 0 aromatic heterocycles. The molecule has 118 valence electrons. The van der Waals surface area contributed by atoms with E-state index < -0.39 is 0 Å². The molecule has 1 atom stereocenters. The summed E-state index contributed by atoms with van der Waals surface area (Å²) in [5, 5.41) is 11.8. The van der Waals surface area contributed by atoms with Gasteiger partial charge in [-0.05, 0) is 43.5 Å². The van der Waals surface area contributed by atoms with E-state index in [1.165, 1.54) is 11.8 Å². The van der Waals surface area contributed by atoms with Crippen molar-refractivity contribution in [1.82, 2.24) is 5.32 Å². The molecular formula is C16H25NO3S. The number of carbonyl (C=O) groups excluding carboxylic acids is 1. The van der Waals surface area contributed by atoms with Crippen LogP contribution in [0.5, 0.6) is 5.75 Å². The average Bonchev–Trinajstić information content (AvgIpc) is 2.51. The van der Waals surface area contributed by atoms with Crippen LogP contribution >= 0.6 is 11.8 Å². The van der Waals surface area contributed by atoms with Crippen LogP contribution in [0.3, 0.4) is 0 Å². The van der Waals surface area contributed by atoms with Gasteiger partial charge in [-0.2, -0.15) is 0 Å². The molecule has 0 fully saturated rings. The molecule has 0 saturated heterocycles. The van der Waals surface area contributed by atoms with Gasteiger partial charge in [0.25, 0.3) is 0 Å². The first-order chi connectivity index (χ1) is 10.2. The first-order valence-electron chi connectivity index (χ1n) is 7.42. The van der Waals surface area contributed by atoms with E-state index in [1.54, 1.807) is 0 Å². The van der Waals surface area contributed by atoms with Gasteiger partial charge in [-0.25, -0.2) is 0 Å². The molecule has 0 aliphatic heterocycles. The molecule has 21 heavy (non-hydrogen) atoms. The van der Waals surface area contributed by atoms with Crippen LogP contribution in [-0.4, -0.2) is 36.5 Å². The maximum absolute atomic E-state index is 11.8. The first kappa shape index (κ1) is 17.9. The van der Waals surface area contributed by atoms with Crippen LogP contribution in [0.1, 0.15) is 26.7 Å². The highest BCUT2D eigenvalue weighted by Gasteiger charge is 2.08. The Morgan fingerprint density at radius 3 is 2.62 bits per heavy atom. The number of aliphatic hydroxyl groups excluding tert-OH is 1. The Morgan fingerprint density at radius 1 is 1.33 bits per heavy atom. The molecule has 4 nitrogen and oxygen atoms in total. The molecular weight excluding hydrogens is 286 g/mol. The quantitative estimate of drug-likeness (QED) is 0.652. The Bertz CT molecular complexity index is 408. The third-order valence-corrected chi connectivity index (χ3v) is 4.22. The van der Waals surface area contributed by atoms with E-state index in [2.05, 4.69) is 12.2 Å². The normalized spacial score (nSPS) is 12.0. The van der Waals surface area contributed by atoms with Crippen LogP contribution in [0, 0.1) is 5.92 Å². The molecule has 0 radical (unpaired) electrons. The van der Waals surface area contributed by atoms with Gasteiger partial charge in [0.1, 0.15) is 5.75 Å². The van der Waals surface area contributed by atoms with Crippen molar-refractivity contribution < 1.29 is 14.6 Å². The van der Waals surface area contributed by atoms with Gasteiger partial charge in [0.2, 0.25) is 5.91 Å². The Labute approximate surface area is 131 Å². The van der Waals surface area contributed by atoms with Crippen LogP contribution in [0.2, 0.25) is 0 Å². The third kappa shape index (κ3) is 7.39. The number of hydrogen-bond acceptors (Lipinski definition) is 4. The van der Waals surface area contributed by atoms with Crippen molar-refractivity contribution in [3.05, 3.63) is 24.3 Å². The monoisotopic (exact) mass is 311 g/mol. The number of aliphatic hydroxyl groups is 1. The van der Waals surface area contributed by atoms with Gasteiger partial charge in [0, 0.05) is 18.0 Å². The van der Waals surface area contributed by atoms with Gasteiger partial charge in [0.15, 0.2) is 0 Å². The minimum absolute atomic E-state index is 0.0327. The number of hydrogen-bond donors (Lipinski definition) is 2. The van der Waals surface area contributed by atoms with E-state index in [0.29, 0.717) is 24.8 Å². The summed E-state index contributed by atoms with van der Waals surface area (Å²) in [6.07, 6.45) is 1.70. The van der Waals surface area contributed by atoms with E-state index in [-0.39, 0.29) is 12.5 Å².